The first kappa shape index (κ1) is 15.6. The number of oxazole rings is 1. The van der Waals surface area contributed by atoms with Gasteiger partial charge in [0.05, 0.1) is 11.1 Å². The Morgan fingerprint density at radius 1 is 1.28 bits per heavy atom. The first-order valence-electron chi connectivity index (χ1n) is 7.71. The van der Waals surface area contributed by atoms with Gasteiger partial charge >= 0.3 is 0 Å². The molecule has 0 unspecified atom stereocenters. The van der Waals surface area contributed by atoms with Crippen LogP contribution in [0.4, 0.5) is 5.82 Å². The highest BCUT2D eigenvalue weighted by molar-refractivity contribution is 7.99. The summed E-state index contributed by atoms with van der Waals surface area (Å²) in [6.07, 6.45) is 0. The highest BCUT2D eigenvalue weighted by atomic mass is 32.2. The summed E-state index contributed by atoms with van der Waals surface area (Å²) < 4.78 is 5.60. The van der Waals surface area contributed by atoms with E-state index < -0.39 is 0 Å². The van der Waals surface area contributed by atoms with Gasteiger partial charge in [0, 0.05) is 5.69 Å². The molecule has 2 N–H and O–H groups in total. The number of aromatic amines is 1. The number of hydrogen-bond acceptors (Lipinski definition) is 6. The van der Waals surface area contributed by atoms with E-state index in [1.165, 1.54) is 11.8 Å². The molecule has 0 aliphatic heterocycles. The zero-order valence-corrected chi connectivity index (χ0v) is 14.5. The number of aromatic nitrogens is 4. The van der Waals surface area contributed by atoms with Crippen molar-refractivity contribution in [2.45, 2.75) is 19.1 Å². The standard InChI is InChI=1S/C17H15N5O2S/c1-9-7-10(2)18-15-14(9)16(22-21-15)20-13(23)8-25-17-19-11-5-3-4-6-12(11)24-17/h3-7H,8H2,1-2H3,(H2,18,20,21,22,23). The highest BCUT2D eigenvalue weighted by Crippen LogP contribution is 2.25. The van der Waals surface area contributed by atoms with E-state index in [0.717, 1.165) is 22.2 Å². The Balaban J connectivity index is 1.47. The van der Waals surface area contributed by atoms with E-state index in [2.05, 4.69) is 25.5 Å². The van der Waals surface area contributed by atoms with Gasteiger partial charge in [0.25, 0.3) is 5.22 Å². The average Bonchev–Trinajstić information content (AvgIpc) is 3.16. The Kier molecular flexibility index (Phi) is 3.89. The van der Waals surface area contributed by atoms with Crippen molar-refractivity contribution in [3.63, 3.8) is 0 Å². The molecule has 4 rings (SSSR count). The summed E-state index contributed by atoms with van der Waals surface area (Å²) in [4.78, 5) is 21.0. The maximum absolute atomic E-state index is 12.2. The van der Waals surface area contributed by atoms with Gasteiger partial charge in [-0.2, -0.15) is 5.10 Å². The van der Waals surface area contributed by atoms with Crippen molar-refractivity contribution in [1.29, 1.82) is 0 Å². The number of fused-ring (bicyclic) bond motifs is 2. The molecule has 0 bridgehead atoms. The van der Waals surface area contributed by atoms with E-state index >= 15 is 0 Å². The molecular weight excluding hydrogens is 338 g/mol. The molecule has 0 saturated carbocycles. The summed E-state index contributed by atoms with van der Waals surface area (Å²) >= 11 is 1.24. The van der Waals surface area contributed by atoms with Gasteiger partial charge in [-0.25, -0.2) is 9.97 Å². The second kappa shape index (κ2) is 6.21. The number of H-pyrrole nitrogens is 1. The molecule has 1 amide bonds. The number of nitrogens with zero attached hydrogens (tertiary/aromatic N) is 3. The van der Waals surface area contributed by atoms with Gasteiger partial charge in [-0.15, -0.1) is 0 Å². The minimum absolute atomic E-state index is 0.180. The lowest BCUT2D eigenvalue weighted by Crippen LogP contribution is -2.14. The number of para-hydroxylation sites is 2. The summed E-state index contributed by atoms with van der Waals surface area (Å²) in [7, 11) is 0. The van der Waals surface area contributed by atoms with Gasteiger partial charge in [-0.1, -0.05) is 23.9 Å². The summed E-state index contributed by atoms with van der Waals surface area (Å²) in [5, 5.41) is 11.1. The number of thioether (sulfide) groups is 1. The smallest absolute Gasteiger partial charge is 0.257 e. The number of nitrogens with one attached hydrogen (secondary N) is 2. The molecule has 1 aromatic carbocycles. The summed E-state index contributed by atoms with van der Waals surface area (Å²) in [6.45, 7) is 3.89. The van der Waals surface area contributed by atoms with Crippen molar-refractivity contribution in [1.82, 2.24) is 20.2 Å². The maximum atomic E-state index is 12.2. The van der Waals surface area contributed by atoms with Gasteiger partial charge in [0.1, 0.15) is 5.52 Å². The van der Waals surface area contributed by atoms with Crippen molar-refractivity contribution in [2.75, 3.05) is 11.1 Å². The molecule has 25 heavy (non-hydrogen) atoms. The SMILES string of the molecule is Cc1cc(C)c2c(NC(=O)CSc3nc4ccccc4o3)n[nH]c2n1. The Bertz CT molecular complexity index is 1050. The minimum Gasteiger partial charge on any atom is -0.431 e. The van der Waals surface area contributed by atoms with Gasteiger partial charge in [-0.05, 0) is 37.6 Å². The predicted molar refractivity (Wildman–Crippen MR) is 96.7 cm³/mol. The Hall–Kier alpha value is -2.87. The fourth-order valence-electron chi connectivity index (χ4n) is 2.68. The van der Waals surface area contributed by atoms with Gasteiger partial charge in [0.2, 0.25) is 5.91 Å². The summed E-state index contributed by atoms with van der Waals surface area (Å²) in [5.41, 5.74) is 4.07. The lowest BCUT2D eigenvalue weighted by molar-refractivity contribution is -0.113. The molecular formula is C17H15N5O2S. The topological polar surface area (TPSA) is 96.7 Å². The number of carbonyl (C=O) groups excluding carboxylic acids is 1. The third-order valence-corrected chi connectivity index (χ3v) is 4.54. The van der Waals surface area contributed by atoms with Crippen molar-refractivity contribution in [2.24, 2.45) is 0 Å². The predicted octanol–water partition coefficient (Wildman–Crippen LogP) is 3.45. The van der Waals surface area contributed by atoms with E-state index in [4.69, 9.17) is 4.42 Å². The zero-order chi connectivity index (χ0) is 17.4. The van der Waals surface area contributed by atoms with E-state index in [9.17, 15) is 4.79 Å². The van der Waals surface area contributed by atoms with Crippen LogP contribution >= 0.6 is 11.8 Å². The van der Waals surface area contributed by atoms with E-state index in [1.807, 2.05) is 44.2 Å². The number of rotatable bonds is 4. The number of hydrogen-bond donors (Lipinski definition) is 2. The van der Waals surface area contributed by atoms with E-state index in [0.29, 0.717) is 22.3 Å². The van der Waals surface area contributed by atoms with Crippen LogP contribution in [0.25, 0.3) is 22.1 Å². The number of anilines is 1. The van der Waals surface area contributed by atoms with Crippen LogP contribution < -0.4 is 5.32 Å². The third-order valence-electron chi connectivity index (χ3n) is 3.71. The van der Waals surface area contributed by atoms with Crippen LogP contribution in [-0.2, 0) is 4.79 Å². The molecule has 0 atom stereocenters. The molecule has 7 nitrogen and oxygen atoms in total. The van der Waals surface area contributed by atoms with Crippen LogP contribution in [0.5, 0.6) is 0 Å². The maximum Gasteiger partial charge on any atom is 0.257 e. The minimum atomic E-state index is -0.180. The fraction of sp³-hybridized carbons (Fsp3) is 0.176. The molecule has 3 heterocycles. The van der Waals surface area contributed by atoms with Crippen molar-refractivity contribution in [3.05, 3.63) is 41.6 Å². The van der Waals surface area contributed by atoms with Crippen LogP contribution in [-0.4, -0.2) is 31.8 Å². The molecule has 0 aliphatic rings. The van der Waals surface area contributed by atoms with Crippen LogP contribution in [0, 0.1) is 13.8 Å². The number of benzene rings is 1. The number of pyridine rings is 1. The van der Waals surface area contributed by atoms with Gasteiger partial charge in [-0.3, -0.25) is 9.89 Å². The second-order valence-electron chi connectivity index (χ2n) is 5.66. The first-order chi connectivity index (χ1) is 12.1. The van der Waals surface area contributed by atoms with Crippen LogP contribution in [0.2, 0.25) is 0 Å². The normalized spacial score (nSPS) is 11.3. The van der Waals surface area contributed by atoms with Gasteiger partial charge < -0.3 is 9.73 Å². The van der Waals surface area contributed by atoms with Crippen LogP contribution in [0.1, 0.15) is 11.3 Å². The first-order valence-corrected chi connectivity index (χ1v) is 8.69. The number of carbonyl (C=O) groups is 1. The van der Waals surface area contributed by atoms with Crippen molar-refractivity contribution < 1.29 is 9.21 Å². The second-order valence-corrected chi connectivity index (χ2v) is 6.59. The Labute approximate surface area is 147 Å². The molecule has 0 fully saturated rings. The largest absolute Gasteiger partial charge is 0.431 e. The van der Waals surface area contributed by atoms with E-state index in [1.54, 1.807) is 0 Å². The molecule has 8 heteroatoms. The fourth-order valence-corrected chi connectivity index (χ4v) is 3.32. The molecule has 0 saturated heterocycles. The van der Waals surface area contributed by atoms with Crippen molar-refractivity contribution in [3.8, 4) is 0 Å². The van der Waals surface area contributed by atoms with Gasteiger partial charge in [0.15, 0.2) is 17.0 Å². The molecule has 0 spiro atoms. The molecule has 0 aliphatic carbocycles. The Morgan fingerprint density at radius 2 is 2.12 bits per heavy atom. The number of aryl methyl sites for hydroxylation is 2. The summed E-state index contributed by atoms with van der Waals surface area (Å²) in [6, 6.07) is 9.46. The highest BCUT2D eigenvalue weighted by Gasteiger charge is 2.14. The molecule has 126 valence electrons. The van der Waals surface area contributed by atoms with Crippen molar-refractivity contribution >= 4 is 45.6 Å². The Morgan fingerprint density at radius 3 is 2.96 bits per heavy atom. The molecule has 0 radical (unpaired) electrons. The quantitative estimate of drug-likeness (QED) is 0.546. The zero-order valence-electron chi connectivity index (χ0n) is 13.7. The lowest BCUT2D eigenvalue weighted by Gasteiger charge is -2.03. The van der Waals surface area contributed by atoms with E-state index in [-0.39, 0.29) is 11.7 Å². The number of amides is 1. The molecule has 4 aromatic rings. The third kappa shape index (κ3) is 3.08. The van der Waals surface area contributed by atoms with Crippen LogP contribution in [0.3, 0.4) is 0 Å². The monoisotopic (exact) mass is 353 g/mol. The molecule has 3 aromatic heterocycles. The lowest BCUT2D eigenvalue weighted by atomic mass is 10.2. The average molecular weight is 353 g/mol. The summed E-state index contributed by atoms with van der Waals surface area (Å²) in [5.74, 6) is 0.489. The van der Waals surface area contributed by atoms with Crippen LogP contribution in [0.15, 0.2) is 40.0 Å².